The largest absolute Gasteiger partial charge is 0.280 e. The van der Waals surface area contributed by atoms with Gasteiger partial charge in [-0.2, -0.15) is 5.10 Å². The maximum absolute atomic E-state index is 6.09. The summed E-state index contributed by atoms with van der Waals surface area (Å²) in [6, 6.07) is 7.65. The molecule has 20 heavy (non-hydrogen) atoms. The van der Waals surface area contributed by atoms with Crippen LogP contribution in [0.2, 0.25) is 5.02 Å². The molecular formula is C14H14Cl2N4. The molecule has 0 unspecified atom stereocenters. The van der Waals surface area contributed by atoms with Gasteiger partial charge in [0.15, 0.2) is 5.65 Å². The molecule has 0 aliphatic heterocycles. The van der Waals surface area contributed by atoms with Gasteiger partial charge in [-0.15, -0.1) is 11.6 Å². The molecule has 0 aliphatic carbocycles. The van der Waals surface area contributed by atoms with Crippen molar-refractivity contribution < 1.29 is 0 Å². The molecule has 0 N–H and O–H groups in total. The Morgan fingerprint density at radius 2 is 2.10 bits per heavy atom. The van der Waals surface area contributed by atoms with E-state index in [1.807, 2.05) is 40.6 Å². The summed E-state index contributed by atoms with van der Waals surface area (Å²) in [4.78, 5) is 4.63. The van der Waals surface area contributed by atoms with Gasteiger partial charge in [0.1, 0.15) is 11.3 Å². The molecule has 0 saturated carbocycles. The van der Waals surface area contributed by atoms with Gasteiger partial charge < -0.3 is 0 Å². The molecule has 0 saturated heterocycles. The fraction of sp³-hybridized carbons (Fsp3) is 0.286. The Hall–Kier alpha value is -1.52. The number of halogens is 2. The average Bonchev–Trinajstić information content (AvgIpc) is 2.96. The first-order valence-electron chi connectivity index (χ1n) is 6.40. The van der Waals surface area contributed by atoms with Crippen molar-refractivity contribution >= 4 is 34.4 Å². The molecule has 3 aromatic rings. The van der Waals surface area contributed by atoms with E-state index in [4.69, 9.17) is 23.2 Å². The summed E-state index contributed by atoms with van der Waals surface area (Å²) in [6.45, 7) is 2.07. The van der Waals surface area contributed by atoms with Crippen LogP contribution in [0.4, 0.5) is 0 Å². The topological polar surface area (TPSA) is 35.6 Å². The van der Waals surface area contributed by atoms with Crippen molar-refractivity contribution in [3.8, 4) is 5.69 Å². The molecule has 0 bridgehead atoms. The number of rotatable bonds is 3. The van der Waals surface area contributed by atoms with Gasteiger partial charge in [0, 0.05) is 12.1 Å². The highest BCUT2D eigenvalue weighted by Gasteiger charge is 2.19. The fourth-order valence-corrected chi connectivity index (χ4v) is 2.80. The summed E-state index contributed by atoms with van der Waals surface area (Å²) in [5, 5.41) is 5.19. The summed E-state index contributed by atoms with van der Waals surface area (Å²) in [5.41, 5.74) is 3.78. The third-order valence-corrected chi connectivity index (χ3v) is 3.77. The first-order valence-corrected chi connectivity index (χ1v) is 7.32. The summed E-state index contributed by atoms with van der Waals surface area (Å²) in [7, 11) is 1.92. The second kappa shape index (κ2) is 5.11. The molecular weight excluding hydrogens is 295 g/mol. The molecule has 0 spiro atoms. The van der Waals surface area contributed by atoms with Crippen LogP contribution in [0.25, 0.3) is 16.9 Å². The zero-order chi connectivity index (χ0) is 14.3. The predicted octanol–water partition coefficient (Wildman–Crippen LogP) is 3.71. The zero-order valence-electron chi connectivity index (χ0n) is 11.3. The van der Waals surface area contributed by atoms with Gasteiger partial charge in [0.2, 0.25) is 0 Å². The van der Waals surface area contributed by atoms with Crippen molar-refractivity contribution in [3.63, 3.8) is 0 Å². The number of benzene rings is 1. The van der Waals surface area contributed by atoms with Crippen LogP contribution in [0.1, 0.15) is 18.4 Å². The Balaban J connectivity index is 2.36. The molecule has 6 heteroatoms. The number of hydrogen-bond acceptors (Lipinski definition) is 2. The third-order valence-electron chi connectivity index (χ3n) is 3.29. The smallest absolute Gasteiger partial charge is 0.163 e. The van der Waals surface area contributed by atoms with E-state index in [0.717, 1.165) is 34.8 Å². The van der Waals surface area contributed by atoms with E-state index in [1.54, 1.807) is 0 Å². The molecule has 0 aliphatic rings. The van der Waals surface area contributed by atoms with Crippen molar-refractivity contribution in [2.75, 3.05) is 0 Å². The summed E-state index contributed by atoms with van der Waals surface area (Å²) < 4.78 is 3.86. The molecule has 0 amide bonds. The Labute approximate surface area is 126 Å². The quantitative estimate of drug-likeness (QED) is 0.691. The highest BCUT2D eigenvalue weighted by molar-refractivity contribution is 6.30. The Kier molecular flexibility index (Phi) is 3.44. The summed E-state index contributed by atoms with van der Waals surface area (Å²) >= 11 is 12.1. The molecule has 4 nitrogen and oxygen atoms in total. The SMILES string of the molecule is CCc1nn(C)c2c1nc(CCl)n2-c1cccc(Cl)c1. The van der Waals surface area contributed by atoms with E-state index in [2.05, 4.69) is 17.0 Å². The van der Waals surface area contributed by atoms with Crippen molar-refractivity contribution in [3.05, 3.63) is 40.8 Å². The molecule has 104 valence electrons. The summed E-state index contributed by atoms with van der Waals surface area (Å²) in [6.07, 6.45) is 0.839. The fourth-order valence-electron chi connectivity index (χ4n) is 2.44. The molecule has 2 aromatic heterocycles. The Bertz CT molecular complexity index is 773. The second-order valence-corrected chi connectivity index (χ2v) is 5.28. The van der Waals surface area contributed by atoms with E-state index in [9.17, 15) is 0 Å². The lowest BCUT2D eigenvalue weighted by atomic mass is 10.3. The molecule has 2 heterocycles. The van der Waals surface area contributed by atoms with Crippen LogP contribution in [0, 0.1) is 0 Å². The van der Waals surface area contributed by atoms with Gasteiger partial charge in [-0.3, -0.25) is 4.57 Å². The highest BCUT2D eigenvalue weighted by atomic mass is 35.5. The summed E-state index contributed by atoms with van der Waals surface area (Å²) in [5.74, 6) is 1.14. The van der Waals surface area contributed by atoms with Crippen LogP contribution in [-0.2, 0) is 19.3 Å². The molecule has 0 atom stereocenters. The number of aryl methyl sites for hydroxylation is 2. The molecule has 3 rings (SSSR count). The number of nitrogens with zero attached hydrogens (tertiary/aromatic N) is 4. The standard InChI is InChI=1S/C14H14Cl2N4/c1-3-11-13-14(19(2)18-11)20(12(8-15)17-13)10-6-4-5-9(16)7-10/h4-7H,3,8H2,1-2H3. The Morgan fingerprint density at radius 3 is 2.75 bits per heavy atom. The van der Waals surface area contributed by atoms with E-state index < -0.39 is 0 Å². The highest BCUT2D eigenvalue weighted by Crippen LogP contribution is 2.26. The van der Waals surface area contributed by atoms with Gasteiger partial charge in [-0.1, -0.05) is 24.6 Å². The van der Waals surface area contributed by atoms with Crippen LogP contribution in [0.15, 0.2) is 24.3 Å². The van der Waals surface area contributed by atoms with E-state index in [-0.39, 0.29) is 0 Å². The molecule has 1 aromatic carbocycles. The van der Waals surface area contributed by atoms with Crippen molar-refractivity contribution in [1.29, 1.82) is 0 Å². The number of imidazole rings is 1. The van der Waals surface area contributed by atoms with Crippen LogP contribution >= 0.6 is 23.2 Å². The van der Waals surface area contributed by atoms with Gasteiger partial charge in [-0.25, -0.2) is 9.67 Å². The lowest BCUT2D eigenvalue weighted by Gasteiger charge is -2.08. The monoisotopic (exact) mass is 308 g/mol. The lowest BCUT2D eigenvalue weighted by Crippen LogP contribution is -2.04. The van der Waals surface area contributed by atoms with Gasteiger partial charge in [0.05, 0.1) is 17.3 Å². The Morgan fingerprint density at radius 1 is 1.30 bits per heavy atom. The first kappa shape index (κ1) is 13.5. The van der Waals surface area contributed by atoms with Crippen molar-refractivity contribution in [2.24, 2.45) is 7.05 Å². The lowest BCUT2D eigenvalue weighted by molar-refractivity contribution is 0.744. The average molecular weight is 309 g/mol. The predicted molar refractivity (Wildman–Crippen MR) is 81.8 cm³/mol. The van der Waals surface area contributed by atoms with Crippen LogP contribution in [0.5, 0.6) is 0 Å². The molecule has 0 fully saturated rings. The van der Waals surface area contributed by atoms with Gasteiger partial charge in [-0.05, 0) is 24.6 Å². The number of aromatic nitrogens is 4. The van der Waals surface area contributed by atoms with Crippen LogP contribution in [0.3, 0.4) is 0 Å². The number of alkyl halides is 1. The van der Waals surface area contributed by atoms with E-state index in [0.29, 0.717) is 10.9 Å². The maximum Gasteiger partial charge on any atom is 0.163 e. The van der Waals surface area contributed by atoms with Crippen molar-refractivity contribution in [1.82, 2.24) is 19.3 Å². The number of hydrogen-bond donors (Lipinski definition) is 0. The third kappa shape index (κ3) is 2.00. The van der Waals surface area contributed by atoms with Crippen molar-refractivity contribution in [2.45, 2.75) is 19.2 Å². The second-order valence-electron chi connectivity index (χ2n) is 4.57. The van der Waals surface area contributed by atoms with Crippen LogP contribution < -0.4 is 0 Å². The normalized spacial score (nSPS) is 11.4. The minimum absolute atomic E-state index is 0.338. The zero-order valence-corrected chi connectivity index (χ0v) is 12.8. The van der Waals surface area contributed by atoms with Gasteiger partial charge >= 0.3 is 0 Å². The van der Waals surface area contributed by atoms with E-state index in [1.165, 1.54) is 0 Å². The van der Waals surface area contributed by atoms with E-state index >= 15 is 0 Å². The first-order chi connectivity index (χ1) is 9.65. The maximum atomic E-state index is 6.09. The van der Waals surface area contributed by atoms with Gasteiger partial charge in [0.25, 0.3) is 0 Å². The molecule has 0 radical (unpaired) electrons. The minimum atomic E-state index is 0.338. The van der Waals surface area contributed by atoms with Crippen LogP contribution in [-0.4, -0.2) is 19.3 Å². The minimum Gasteiger partial charge on any atom is -0.280 e. The number of fused-ring (bicyclic) bond motifs is 1.